The van der Waals surface area contributed by atoms with Crippen LogP contribution in [-0.4, -0.2) is 20.1 Å². The molecule has 0 aliphatic heterocycles. The SMILES string of the molecule is COc1ccc(NC(=O)Cc2coc3cc(C)c(C)cc23)cc1OC. The van der Waals surface area contributed by atoms with E-state index in [1.165, 1.54) is 11.1 Å². The molecule has 0 radical (unpaired) electrons. The van der Waals surface area contributed by atoms with Crippen molar-refractivity contribution in [1.29, 1.82) is 0 Å². The van der Waals surface area contributed by atoms with Crippen LogP contribution in [-0.2, 0) is 11.2 Å². The van der Waals surface area contributed by atoms with Crippen LogP contribution in [0.15, 0.2) is 41.0 Å². The second-order valence-corrected chi connectivity index (χ2v) is 5.99. The Morgan fingerprint density at radius 1 is 1.04 bits per heavy atom. The van der Waals surface area contributed by atoms with Gasteiger partial charge in [0.25, 0.3) is 0 Å². The number of hydrogen-bond donors (Lipinski definition) is 1. The zero-order valence-corrected chi connectivity index (χ0v) is 14.8. The first-order valence-corrected chi connectivity index (χ1v) is 8.01. The van der Waals surface area contributed by atoms with E-state index in [2.05, 4.69) is 18.3 Å². The Morgan fingerprint density at radius 3 is 2.48 bits per heavy atom. The minimum absolute atomic E-state index is 0.117. The number of methoxy groups -OCH3 is 2. The van der Waals surface area contributed by atoms with Gasteiger partial charge >= 0.3 is 0 Å². The van der Waals surface area contributed by atoms with Gasteiger partial charge in [0.2, 0.25) is 5.91 Å². The summed E-state index contributed by atoms with van der Waals surface area (Å²) in [5.74, 6) is 1.07. The summed E-state index contributed by atoms with van der Waals surface area (Å²) >= 11 is 0. The lowest BCUT2D eigenvalue weighted by molar-refractivity contribution is -0.115. The summed E-state index contributed by atoms with van der Waals surface area (Å²) in [5, 5.41) is 3.86. The summed E-state index contributed by atoms with van der Waals surface area (Å²) in [6.07, 6.45) is 1.89. The van der Waals surface area contributed by atoms with Crippen LogP contribution < -0.4 is 14.8 Å². The average molecular weight is 339 g/mol. The monoisotopic (exact) mass is 339 g/mol. The van der Waals surface area contributed by atoms with Gasteiger partial charge in [0.1, 0.15) is 5.58 Å². The zero-order valence-electron chi connectivity index (χ0n) is 14.8. The Balaban J connectivity index is 1.78. The molecular weight excluding hydrogens is 318 g/mol. The molecule has 0 spiro atoms. The van der Waals surface area contributed by atoms with Gasteiger partial charge in [0, 0.05) is 22.7 Å². The maximum Gasteiger partial charge on any atom is 0.228 e. The van der Waals surface area contributed by atoms with E-state index in [0.29, 0.717) is 17.2 Å². The topological polar surface area (TPSA) is 60.7 Å². The molecule has 1 aromatic heterocycles. The van der Waals surface area contributed by atoms with Gasteiger partial charge in [0.05, 0.1) is 26.9 Å². The predicted octanol–water partition coefficient (Wildman–Crippen LogP) is 4.25. The lowest BCUT2D eigenvalue weighted by Crippen LogP contribution is -2.14. The van der Waals surface area contributed by atoms with Crippen LogP contribution >= 0.6 is 0 Å². The molecule has 130 valence electrons. The highest BCUT2D eigenvalue weighted by atomic mass is 16.5. The second-order valence-electron chi connectivity index (χ2n) is 5.99. The highest BCUT2D eigenvalue weighted by Crippen LogP contribution is 2.30. The van der Waals surface area contributed by atoms with Gasteiger partial charge in [-0.25, -0.2) is 0 Å². The Bertz CT molecular complexity index is 927. The van der Waals surface area contributed by atoms with E-state index in [9.17, 15) is 4.79 Å². The maximum atomic E-state index is 12.4. The van der Waals surface area contributed by atoms with Gasteiger partial charge < -0.3 is 19.2 Å². The lowest BCUT2D eigenvalue weighted by Gasteiger charge is -2.10. The molecule has 0 fully saturated rings. The molecule has 2 aromatic carbocycles. The first kappa shape index (κ1) is 16.9. The van der Waals surface area contributed by atoms with Crippen molar-refractivity contribution < 1.29 is 18.7 Å². The summed E-state index contributed by atoms with van der Waals surface area (Å²) in [4.78, 5) is 12.4. The maximum absolute atomic E-state index is 12.4. The summed E-state index contributed by atoms with van der Waals surface area (Å²) in [7, 11) is 3.13. The summed E-state index contributed by atoms with van der Waals surface area (Å²) < 4.78 is 16.0. The van der Waals surface area contributed by atoms with Crippen LogP contribution in [0.1, 0.15) is 16.7 Å². The fraction of sp³-hybridized carbons (Fsp3) is 0.250. The molecule has 3 aromatic rings. The van der Waals surface area contributed by atoms with E-state index in [1.54, 1.807) is 38.7 Å². The first-order chi connectivity index (χ1) is 12.0. The number of benzene rings is 2. The minimum Gasteiger partial charge on any atom is -0.493 e. The Kier molecular flexibility index (Phi) is 4.65. The quantitative estimate of drug-likeness (QED) is 0.755. The van der Waals surface area contributed by atoms with Crippen molar-refractivity contribution in [2.75, 3.05) is 19.5 Å². The van der Waals surface area contributed by atoms with Gasteiger partial charge in [-0.1, -0.05) is 0 Å². The van der Waals surface area contributed by atoms with E-state index >= 15 is 0 Å². The number of hydrogen-bond acceptors (Lipinski definition) is 4. The number of fused-ring (bicyclic) bond motifs is 1. The Morgan fingerprint density at radius 2 is 1.76 bits per heavy atom. The zero-order chi connectivity index (χ0) is 18.0. The van der Waals surface area contributed by atoms with Crippen LogP contribution in [0.4, 0.5) is 5.69 Å². The predicted molar refractivity (Wildman–Crippen MR) is 97.6 cm³/mol. The molecule has 0 atom stereocenters. The molecule has 0 saturated heterocycles. The number of aryl methyl sites for hydroxylation is 2. The molecule has 5 nitrogen and oxygen atoms in total. The normalized spacial score (nSPS) is 10.7. The number of rotatable bonds is 5. The first-order valence-electron chi connectivity index (χ1n) is 8.01. The van der Waals surface area contributed by atoms with Crippen LogP contribution in [0.3, 0.4) is 0 Å². The Labute approximate surface area is 146 Å². The number of furan rings is 1. The third-order valence-electron chi connectivity index (χ3n) is 4.29. The molecule has 5 heteroatoms. The molecular formula is C20H21NO4. The van der Waals surface area contributed by atoms with Gasteiger partial charge in [-0.15, -0.1) is 0 Å². The van der Waals surface area contributed by atoms with Gasteiger partial charge in [0.15, 0.2) is 11.5 Å². The van der Waals surface area contributed by atoms with Crippen LogP contribution in [0.2, 0.25) is 0 Å². The number of carbonyl (C=O) groups is 1. The van der Waals surface area contributed by atoms with Gasteiger partial charge in [-0.3, -0.25) is 4.79 Å². The molecule has 25 heavy (non-hydrogen) atoms. The summed E-state index contributed by atoms with van der Waals surface area (Å²) in [5.41, 5.74) is 4.68. The van der Waals surface area contributed by atoms with Crippen molar-refractivity contribution in [2.24, 2.45) is 0 Å². The number of anilines is 1. The van der Waals surface area contributed by atoms with E-state index in [1.807, 2.05) is 13.0 Å². The van der Waals surface area contributed by atoms with E-state index in [4.69, 9.17) is 13.9 Å². The fourth-order valence-corrected chi connectivity index (χ4v) is 2.77. The fourth-order valence-electron chi connectivity index (χ4n) is 2.77. The second kappa shape index (κ2) is 6.89. The number of ether oxygens (including phenoxy) is 2. The average Bonchev–Trinajstić information content (AvgIpc) is 2.96. The van der Waals surface area contributed by atoms with Gasteiger partial charge in [-0.2, -0.15) is 0 Å². The molecule has 0 unspecified atom stereocenters. The number of carbonyl (C=O) groups excluding carboxylic acids is 1. The van der Waals surface area contributed by atoms with Crippen molar-refractivity contribution in [3.63, 3.8) is 0 Å². The molecule has 0 bridgehead atoms. The standard InChI is InChI=1S/C20H21NO4/c1-12-7-16-14(11-25-18(16)8-13(12)2)9-20(22)21-15-5-6-17(23-3)19(10-15)24-4/h5-8,10-11H,9H2,1-4H3,(H,21,22). The third-order valence-corrected chi connectivity index (χ3v) is 4.29. The minimum atomic E-state index is -0.117. The summed E-state index contributed by atoms with van der Waals surface area (Å²) in [6.45, 7) is 4.09. The van der Waals surface area contributed by atoms with Crippen LogP contribution in [0, 0.1) is 13.8 Å². The van der Waals surface area contributed by atoms with Crippen molar-refractivity contribution in [3.8, 4) is 11.5 Å². The Hall–Kier alpha value is -2.95. The molecule has 1 amide bonds. The molecule has 3 rings (SSSR count). The van der Waals surface area contributed by atoms with E-state index in [0.717, 1.165) is 16.5 Å². The molecule has 0 saturated carbocycles. The smallest absolute Gasteiger partial charge is 0.228 e. The third kappa shape index (κ3) is 3.45. The highest BCUT2D eigenvalue weighted by molar-refractivity contribution is 5.95. The van der Waals surface area contributed by atoms with E-state index < -0.39 is 0 Å². The van der Waals surface area contributed by atoms with E-state index in [-0.39, 0.29) is 12.3 Å². The number of amides is 1. The lowest BCUT2D eigenvalue weighted by atomic mass is 10.0. The molecule has 1 heterocycles. The molecule has 0 aliphatic rings. The largest absolute Gasteiger partial charge is 0.493 e. The van der Waals surface area contributed by atoms with Crippen molar-refractivity contribution in [3.05, 3.63) is 53.3 Å². The van der Waals surface area contributed by atoms with Crippen molar-refractivity contribution in [1.82, 2.24) is 0 Å². The van der Waals surface area contributed by atoms with Crippen molar-refractivity contribution in [2.45, 2.75) is 20.3 Å². The van der Waals surface area contributed by atoms with Crippen molar-refractivity contribution >= 4 is 22.6 Å². The molecule has 1 N–H and O–H groups in total. The van der Waals surface area contributed by atoms with Crippen LogP contribution in [0.5, 0.6) is 11.5 Å². The summed E-state index contributed by atoms with van der Waals surface area (Å²) in [6, 6.07) is 9.33. The van der Waals surface area contributed by atoms with Gasteiger partial charge in [-0.05, 0) is 49.2 Å². The number of nitrogens with one attached hydrogen (secondary N) is 1. The highest BCUT2D eigenvalue weighted by Gasteiger charge is 2.13. The van der Waals surface area contributed by atoms with Crippen LogP contribution in [0.25, 0.3) is 11.0 Å². The molecule has 0 aliphatic carbocycles.